The third-order valence-corrected chi connectivity index (χ3v) is 2.66. The van der Waals surface area contributed by atoms with E-state index in [1.165, 1.54) is 6.92 Å². The van der Waals surface area contributed by atoms with Gasteiger partial charge in [-0.3, -0.25) is 0 Å². The van der Waals surface area contributed by atoms with Gasteiger partial charge in [0.15, 0.2) is 0 Å². The molecule has 4 nitrogen and oxygen atoms in total. The van der Waals surface area contributed by atoms with Crippen LogP contribution in [-0.4, -0.2) is 15.4 Å². The van der Waals surface area contributed by atoms with Gasteiger partial charge in [-0.25, -0.2) is 0 Å². The van der Waals surface area contributed by atoms with Gasteiger partial charge < -0.3 is 22.9 Å². The molecule has 0 bridgehead atoms. The van der Waals surface area contributed by atoms with Crippen LogP contribution < -0.4 is 15.4 Å². The average Bonchev–Trinajstić information content (AvgIpc) is 2.17. The van der Waals surface area contributed by atoms with Crippen LogP contribution in [0.15, 0.2) is 12.1 Å². The van der Waals surface area contributed by atoms with Crippen LogP contribution in [0.25, 0.3) is 0 Å². The smallest absolute Gasteiger partial charge is 0.445 e. The number of benzene rings is 1. The first-order valence-corrected chi connectivity index (χ1v) is 6.03. The molecule has 0 amide bonds. The van der Waals surface area contributed by atoms with Crippen molar-refractivity contribution in [2.45, 2.75) is 13.5 Å². The molecule has 0 heterocycles. The summed E-state index contributed by atoms with van der Waals surface area (Å²) in [6.07, 6.45) is 0. The van der Waals surface area contributed by atoms with Crippen LogP contribution in [0, 0.1) is 6.92 Å². The van der Waals surface area contributed by atoms with E-state index in [4.69, 9.17) is 5.73 Å². The standard InChI is InChI=1S/C8H9BF4NO3S/c1-5-6(4-14)2-7(9(10,11)12)3-8(5)17-18(13,15)16/h2-3H,4,14H2,1H3/q-1. The summed E-state index contributed by atoms with van der Waals surface area (Å²) in [5.41, 5.74) is 4.22. The molecule has 0 aliphatic carbocycles. The maximum absolute atomic E-state index is 12.6. The lowest BCUT2D eigenvalue weighted by atomic mass is 9.78. The Kier molecular flexibility index (Phi) is 3.91. The lowest BCUT2D eigenvalue weighted by Gasteiger charge is -2.19. The van der Waals surface area contributed by atoms with E-state index in [0.29, 0.717) is 6.07 Å². The van der Waals surface area contributed by atoms with Gasteiger partial charge in [0.2, 0.25) is 0 Å². The third-order valence-electron chi connectivity index (χ3n) is 2.28. The molecule has 0 spiro atoms. The molecule has 0 saturated heterocycles. The highest BCUT2D eigenvalue weighted by Gasteiger charge is 2.28. The number of halogens is 4. The number of nitrogens with two attached hydrogens (primary N) is 1. The van der Waals surface area contributed by atoms with Gasteiger partial charge in [-0.1, -0.05) is 9.95 Å². The van der Waals surface area contributed by atoms with Crippen molar-refractivity contribution < 1.29 is 29.4 Å². The second-order valence-corrected chi connectivity index (χ2v) is 4.51. The first kappa shape index (κ1) is 14.8. The zero-order valence-electron chi connectivity index (χ0n) is 9.16. The molecule has 0 atom stereocenters. The summed E-state index contributed by atoms with van der Waals surface area (Å²) < 4.78 is 74.6. The fraction of sp³-hybridized carbons (Fsp3) is 0.250. The van der Waals surface area contributed by atoms with Crippen molar-refractivity contribution >= 4 is 22.9 Å². The van der Waals surface area contributed by atoms with Crippen molar-refractivity contribution in [3.63, 3.8) is 0 Å². The van der Waals surface area contributed by atoms with Gasteiger partial charge in [0.25, 0.3) is 0 Å². The van der Waals surface area contributed by atoms with Gasteiger partial charge in [-0.2, -0.15) is 8.42 Å². The Labute approximate surface area is 101 Å². The Morgan fingerprint density at radius 1 is 1.33 bits per heavy atom. The van der Waals surface area contributed by atoms with Gasteiger partial charge in [-0.15, -0.1) is 5.46 Å². The van der Waals surface area contributed by atoms with Crippen LogP contribution >= 0.6 is 0 Å². The van der Waals surface area contributed by atoms with E-state index in [1.54, 1.807) is 0 Å². The molecule has 10 heteroatoms. The largest absolute Gasteiger partial charge is 0.509 e. The van der Waals surface area contributed by atoms with E-state index >= 15 is 0 Å². The van der Waals surface area contributed by atoms with Crippen LogP contribution in [-0.2, 0) is 17.0 Å². The van der Waals surface area contributed by atoms with E-state index in [0.717, 1.165) is 6.07 Å². The van der Waals surface area contributed by atoms with E-state index in [9.17, 15) is 25.3 Å². The van der Waals surface area contributed by atoms with Crippen molar-refractivity contribution in [3.05, 3.63) is 23.3 Å². The van der Waals surface area contributed by atoms with E-state index < -0.39 is 28.7 Å². The van der Waals surface area contributed by atoms with Gasteiger partial charge >= 0.3 is 17.5 Å². The minimum absolute atomic E-state index is 0.0327. The Bertz CT molecular complexity index is 558. The Morgan fingerprint density at radius 3 is 2.28 bits per heavy atom. The molecule has 0 unspecified atom stereocenters. The molecule has 0 aliphatic rings. The molecule has 1 aromatic carbocycles. The molecule has 0 aliphatic heterocycles. The Morgan fingerprint density at radius 2 is 1.89 bits per heavy atom. The maximum atomic E-state index is 12.6. The molecule has 0 fully saturated rings. The molecule has 0 saturated carbocycles. The SMILES string of the molecule is Cc1c(CN)cc([B-](F)(F)F)cc1OS(=O)(=O)F. The second-order valence-electron chi connectivity index (χ2n) is 3.56. The summed E-state index contributed by atoms with van der Waals surface area (Å²) in [6, 6.07) is 1.22. The van der Waals surface area contributed by atoms with Gasteiger partial charge in [0.1, 0.15) is 5.75 Å². The number of rotatable bonds is 4. The van der Waals surface area contributed by atoms with Crippen LogP contribution in [0.3, 0.4) is 0 Å². The molecule has 0 radical (unpaired) electrons. The summed E-state index contributed by atoms with van der Waals surface area (Å²) in [7, 11) is -5.39. The van der Waals surface area contributed by atoms with Gasteiger partial charge in [0, 0.05) is 6.54 Å². The maximum Gasteiger partial charge on any atom is 0.509 e. The molecule has 0 aromatic heterocycles. The fourth-order valence-corrected chi connectivity index (χ4v) is 1.75. The molecule has 102 valence electrons. The molecule has 1 rings (SSSR count). The highest BCUT2D eigenvalue weighted by atomic mass is 32.3. The first-order chi connectivity index (χ1) is 8.04. The van der Waals surface area contributed by atoms with Crippen LogP contribution in [0.2, 0.25) is 0 Å². The quantitative estimate of drug-likeness (QED) is 0.511. The topological polar surface area (TPSA) is 69.4 Å². The lowest BCUT2D eigenvalue weighted by molar-refractivity contribution is 0.437. The summed E-state index contributed by atoms with van der Waals surface area (Å²) in [5, 5.41) is 0. The highest BCUT2D eigenvalue weighted by molar-refractivity contribution is 7.81. The summed E-state index contributed by atoms with van der Waals surface area (Å²) in [6.45, 7) is -4.33. The van der Waals surface area contributed by atoms with Crippen molar-refractivity contribution in [1.82, 2.24) is 0 Å². The van der Waals surface area contributed by atoms with Crippen molar-refractivity contribution in [2.75, 3.05) is 0 Å². The predicted molar refractivity (Wildman–Crippen MR) is 58.4 cm³/mol. The van der Waals surface area contributed by atoms with Crippen LogP contribution in [0.1, 0.15) is 11.1 Å². The van der Waals surface area contributed by atoms with E-state index in [1.807, 2.05) is 0 Å². The molecular weight excluding hydrogens is 277 g/mol. The first-order valence-electron chi connectivity index (χ1n) is 4.72. The van der Waals surface area contributed by atoms with Crippen molar-refractivity contribution in [2.24, 2.45) is 5.73 Å². The zero-order chi connectivity index (χ0) is 14.1. The predicted octanol–water partition coefficient (Wildman–Crippen LogP) is 1.10. The molecular formula is C8H9BF4NO3S-. The monoisotopic (exact) mass is 286 g/mol. The highest BCUT2D eigenvalue weighted by Crippen LogP contribution is 2.24. The Balaban J connectivity index is 3.41. The normalized spacial score (nSPS) is 12.6. The lowest BCUT2D eigenvalue weighted by Crippen LogP contribution is -2.35. The van der Waals surface area contributed by atoms with Crippen molar-refractivity contribution in [3.8, 4) is 5.75 Å². The van der Waals surface area contributed by atoms with Crippen molar-refractivity contribution in [1.29, 1.82) is 0 Å². The summed E-state index contributed by atoms with van der Waals surface area (Å²) in [5.74, 6) is -0.713. The number of hydrogen-bond acceptors (Lipinski definition) is 4. The number of hydrogen-bond donors (Lipinski definition) is 1. The van der Waals surface area contributed by atoms with Crippen LogP contribution in [0.4, 0.5) is 16.8 Å². The minimum Gasteiger partial charge on any atom is -0.445 e. The van der Waals surface area contributed by atoms with E-state index in [2.05, 4.69) is 4.18 Å². The fourth-order valence-electron chi connectivity index (χ4n) is 1.36. The molecule has 1 aromatic rings. The second kappa shape index (κ2) is 4.77. The van der Waals surface area contributed by atoms with Gasteiger partial charge in [0.05, 0.1) is 0 Å². The van der Waals surface area contributed by atoms with Crippen LogP contribution in [0.5, 0.6) is 5.75 Å². The third kappa shape index (κ3) is 3.60. The van der Waals surface area contributed by atoms with Gasteiger partial charge in [-0.05, 0) is 24.1 Å². The zero-order valence-corrected chi connectivity index (χ0v) is 9.98. The summed E-state index contributed by atoms with van der Waals surface area (Å²) in [4.78, 5) is 0. The Hall–Kier alpha value is -1.29. The molecule has 18 heavy (non-hydrogen) atoms. The molecule has 2 N–H and O–H groups in total. The minimum atomic E-state index is -5.39. The average molecular weight is 286 g/mol. The van der Waals surface area contributed by atoms with E-state index in [-0.39, 0.29) is 17.7 Å². The summed E-state index contributed by atoms with van der Waals surface area (Å²) >= 11 is 0.